The summed E-state index contributed by atoms with van der Waals surface area (Å²) in [5.74, 6) is 1.35. The minimum Gasteiger partial charge on any atom is -0.325 e. The normalized spacial score (nSPS) is 10.6. The molecule has 0 spiro atoms. The van der Waals surface area contributed by atoms with Gasteiger partial charge in [-0.15, -0.1) is 23.1 Å². The molecule has 0 aliphatic rings. The number of rotatable bonds is 7. The average molecular weight is 343 g/mol. The van der Waals surface area contributed by atoms with Crippen LogP contribution in [0, 0.1) is 0 Å². The molecular weight excluding hydrogens is 326 g/mol. The lowest BCUT2D eigenvalue weighted by atomic mass is 10.2. The van der Waals surface area contributed by atoms with Crippen LogP contribution in [0.15, 0.2) is 60.2 Å². The molecule has 3 aromatic rings. The molecule has 0 aliphatic heterocycles. The number of para-hydroxylation sites is 1. The molecule has 1 N–H and O–H groups in total. The van der Waals surface area contributed by atoms with Crippen LogP contribution >= 0.6 is 23.1 Å². The molecular formula is C17H17N3OS2. The fourth-order valence-corrected chi connectivity index (χ4v) is 3.84. The molecule has 2 heterocycles. The number of benzene rings is 1. The molecule has 0 radical (unpaired) electrons. The van der Waals surface area contributed by atoms with E-state index in [9.17, 15) is 4.79 Å². The van der Waals surface area contributed by atoms with Gasteiger partial charge in [0.1, 0.15) is 0 Å². The van der Waals surface area contributed by atoms with E-state index in [1.54, 1.807) is 29.3 Å². The predicted molar refractivity (Wildman–Crippen MR) is 96.9 cm³/mol. The zero-order valence-electron chi connectivity index (χ0n) is 12.5. The Balaban J connectivity index is 1.55. The molecule has 23 heavy (non-hydrogen) atoms. The summed E-state index contributed by atoms with van der Waals surface area (Å²) < 4.78 is 1.84. The van der Waals surface area contributed by atoms with E-state index in [2.05, 4.69) is 21.9 Å². The van der Waals surface area contributed by atoms with E-state index in [0.717, 1.165) is 17.0 Å². The van der Waals surface area contributed by atoms with Crippen molar-refractivity contribution in [3.05, 3.63) is 70.7 Å². The van der Waals surface area contributed by atoms with Gasteiger partial charge in [0.05, 0.1) is 12.3 Å². The summed E-state index contributed by atoms with van der Waals surface area (Å²) in [6, 6.07) is 13.9. The smallest absolute Gasteiger partial charge is 0.234 e. The number of nitrogens with zero attached hydrogens (tertiary/aromatic N) is 2. The largest absolute Gasteiger partial charge is 0.325 e. The molecule has 0 unspecified atom stereocenters. The Morgan fingerprint density at radius 2 is 2.13 bits per heavy atom. The number of carbonyl (C=O) groups is 1. The summed E-state index contributed by atoms with van der Waals surface area (Å²) in [6.45, 7) is 0.645. The van der Waals surface area contributed by atoms with Gasteiger partial charge in [-0.1, -0.05) is 24.3 Å². The minimum atomic E-state index is 0.0273. The first kappa shape index (κ1) is 15.8. The van der Waals surface area contributed by atoms with Gasteiger partial charge in [0.15, 0.2) is 0 Å². The van der Waals surface area contributed by atoms with Crippen LogP contribution in [-0.4, -0.2) is 21.4 Å². The van der Waals surface area contributed by atoms with Gasteiger partial charge in [0.25, 0.3) is 0 Å². The Kier molecular flexibility index (Phi) is 5.50. The van der Waals surface area contributed by atoms with Crippen molar-refractivity contribution >= 4 is 34.7 Å². The van der Waals surface area contributed by atoms with Gasteiger partial charge < -0.3 is 5.32 Å². The number of hydrogen-bond acceptors (Lipinski definition) is 4. The minimum absolute atomic E-state index is 0.0273. The average Bonchev–Trinajstić information content (AvgIpc) is 3.23. The lowest BCUT2D eigenvalue weighted by Crippen LogP contribution is -2.16. The third-order valence-electron chi connectivity index (χ3n) is 3.24. The fraction of sp³-hybridized carbons (Fsp3) is 0.176. The Labute approximate surface area is 143 Å². The van der Waals surface area contributed by atoms with Gasteiger partial charge in [0.2, 0.25) is 5.91 Å². The number of thiophene rings is 1. The monoisotopic (exact) mass is 343 g/mol. The van der Waals surface area contributed by atoms with E-state index in [-0.39, 0.29) is 5.91 Å². The maximum atomic E-state index is 12.1. The van der Waals surface area contributed by atoms with Gasteiger partial charge in [-0.05, 0) is 29.1 Å². The highest BCUT2D eigenvalue weighted by molar-refractivity contribution is 7.99. The predicted octanol–water partition coefficient (Wildman–Crippen LogP) is 3.86. The lowest BCUT2D eigenvalue weighted by Gasteiger charge is -2.11. The van der Waals surface area contributed by atoms with Crippen molar-refractivity contribution in [2.45, 2.75) is 12.3 Å². The molecule has 0 aliphatic carbocycles. The van der Waals surface area contributed by atoms with Crippen molar-refractivity contribution in [3.63, 3.8) is 0 Å². The van der Waals surface area contributed by atoms with Crippen molar-refractivity contribution in [3.8, 4) is 0 Å². The molecule has 0 fully saturated rings. The van der Waals surface area contributed by atoms with Gasteiger partial charge >= 0.3 is 0 Å². The van der Waals surface area contributed by atoms with Crippen molar-refractivity contribution in [1.29, 1.82) is 0 Å². The maximum absolute atomic E-state index is 12.1. The zero-order chi connectivity index (χ0) is 15.9. The van der Waals surface area contributed by atoms with Gasteiger partial charge in [0, 0.05) is 28.7 Å². The summed E-state index contributed by atoms with van der Waals surface area (Å²) in [4.78, 5) is 13.4. The quantitative estimate of drug-likeness (QED) is 0.708. The second-order valence-electron chi connectivity index (χ2n) is 4.98. The third kappa shape index (κ3) is 4.71. The van der Waals surface area contributed by atoms with Crippen LogP contribution in [0.25, 0.3) is 0 Å². The first-order chi connectivity index (χ1) is 11.3. The zero-order valence-corrected chi connectivity index (χ0v) is 14.1. The Hall–Kier alpha value is -2.05. The summed E-state index contributed by atoms with van der Waals surface area (Å²) in [5, 5.41) is 9.27. The van der Waals surface area contributed by atoms with E-state index < -0.39 is 0 Å². The lowest BCUT2D eigenvalue weighted by molar-refractivity contribution is -0.113. The van der Waals surface area contributed by atoms with E-state index in [1.807, 2.05) is 47.3 Å². The highest BCUT2D eigenvalue weighted by Crippen LogP contribution is 2.19. The van der Waals surface area contributed by atoms with E-state index >= 15 is 0 Å². The first-order valence-corrected chi connectivity index (χ1v) is 9.30. The molecule has 0 saturated heterocycles. The number of amides is 1. The van der Waals surface area contributed by atoms with Crippen LogP contribution in [-0.2, 0) is 17.1 Å². The summed E-state index contributed by atoms with van der Waals surface area (Å²) in [7, 11) is 0. The summed E-state index contributed by atoms with van der Waals surface area (Å²) in [5.41, 5.74) is 1.90. The highest BCUT2D eigenvalue weighted by Gasteiger charge is 2.08. The molecule has 1 amide bonds. The van der Waals surface area contributed by atoms with Crippen molar-refractivity contribution < 1.29 is 4.79 Å². The van der Waals surface area contributed by atoms with Crippen molar-refractivity contribution in [1.82, 2.24) is 9.78 Å². The highest BCUT2D eigenvalue weighted by atomic mass is 32.2. The number of thioether (sulfide) groups is 1. The Morgan fingerprint density at radius 1 is 1.22 bits per heavy atom. The molecule has 118 valence electrons. The number of hydrogen-bond donors (Lipinski definition) is 1. The van der Waals surface area contributed by atoms with Crippen LogP contribution in [0.1, 0.15) is 10.4 Å². The maximum Gasteiger partial charge on any atom is 0.234 e. The molecule has 2 aromatic heterocycles. The van der Waals surface area contributed by atoms with E-state index in [4.69, 9.17) is 0 Å². The van der Waals surface area contributed by atoms with Crippen LogP contribution in [0.4, 0.5) is 5.69 Å². The number of anilines is 1. The summed E-state index contributed by atoms with van der Waals surface area (Å²) in [6.07, 6.45) is 3.66. The fourth-order valence-electron chi connectivity index (χ4n) is 2.17. The number of nitrogens with one attached hydrogen (secondary N) is 1. The second kappa shape index (κ2) is 7.99. The SMILES string of the molecule is O=C(CSCc1cccs1)Nc1ccccc1Cn1cccn1. The molecule has 4 nitrogen and oxygen atoms in total. The Bertz CT molecular complexity index is 739. The standard InChI is InChI=1S/C17H17N3OS2/c21-17(13-22-12-15-6-3-10-23-15)19-16-7-2-1-5-14(16)11-20-9-4-8-18-20/h1-10H,11-13H2,(H,19,21). The van der Waals surface area contributed by atoms with E-state index in [0.29, 0.717) is 12.3 Å². The van der Waals surface area contributed by atoms with Crippen LogP contribution < -0.4 is 5.32 Å². The number of aromatic nitrogens is 2. The third-order valence-corrected chi connectivity index (χ3v) is 5.28. The van der Waals surface area contributed by atoms with Gasteiger partial charge in [-0.25, -0.2) is 0 Å². The van der Waals surface area contributed by atoms with Crippen LogP contribution in [0.5, 0.6) is 0 Å². The molecule has 6 heteroatoms. The second-order valence-corrected chi connectivity index (χ2v) is 7.00. The van der Waals surface area contributed by atoms with Crippen molar-refractivity contribution in [2.75, 3.05) is 11.1 Å². The summed E-state index contributed by atoms with van der Waals surface area (Å²) >= 11 is 3.35. The Morgan fingerprint density at radius 3 is 2.91 bits per heavy atom. The topological polar surface area (TPSA) is 46.9 Å². The van der Waals surface area contributed by atoms with E-state index in [1.165, 1.54) is 4.88 Å². The molecule has 0 bridgehead atoms. The molecule has 0 atom stereocenters. The van der Waals surface area contributed by atoms with Gasteiger partial charge in [-0.3, -0.25) is 9.48 Å². The molecule has 1 aromatic carbocycles. The van der Waals surface area contributed by atoms with Crippen molar-refractivity contribution in [2.24, 2.45) is 0 Å². The number of carbonyl (C=O) groups excluding carboxylic acids is 1. The van der Waals surface area contributed by atoms with Crippen LogP contribution in [0.2, 0.25) is 0 Å². The van der Waals surface area contributed by atoms with Gasteiger partial charge in [-0.2, -0.15) is 5.10 Å². The van der Waals surface area contributed by atoms with Crippen LogP contribution in [0.3, 0.4) is 0 Å². The molecule has 3 rings (SSSR count). The first-order valence-electron chi connectivity index (χ1n) is 7.26. The molecule has 0 saturated carbocycles.